The molecule has 1 N–H and O–H groups in total. The number of aromatic nitrogens is 1. The molecule has 0 radical (unpaired) electrons. The third kappa shape index (κ3) is 2.46. The molecule has 0 aliphatic carbocycles. The van der Waals surface area contributed by atoms with Gasteiger partial charge >= 0.3 is 0 Å². The molecule has 0 saturated carbocycles. The number of nitrogens with one attached hydrogen (secondary N) is 1. The Morgan fingerprint density at radius 1 is 1.42 bits per heavy atom. The van der Waals surface area contributed by atoms with Gasteiger partial charge in [-0.15, -0.1) is 0 Å². The Morgan fingerprint density at radius 2 is 2.21 bits per heavy atom. The first-order valence-electron chi connectivity index (χ1n) is 6.17. The fourth-order valence-corrected chi connectivity index (χ4v) is 2.24. The third-order valence-electron chi connectivity index (χ3n) is 3.26. The highest BCUT2D eigenvalue weighted by Crippen LogP contribution is 2.29. The first kappa shape index (κ1) is 12.5. The third-order valence-corrected chi connectivity index (χ3v) is 3.56. The van der Waals surface area contributed by atoms with Gasteiger partial charge in [-0.05, 0) is 19.1 Å². The van der Waals surface area contributed by atoms with Gasteiger partial charge in [0, 0.05) is 22.9 Å². The summed E-state index contributed by atoms with van der Waals surface area (Å²) in [6.07, 6.45) is 0. The maximum Gasteiger partial charge on any atom is 0.251 e. The number of aryl methyl sites for hydroxylation is 1. The predicted octanol–water partition coefficient (Wildman–Crippen LogP) is 2.52. The molecule has 0 amide bonds. The second-order valence-electron chi connectivity index (χ2n) is 4.87. The second kappa shape index (κ2) is 4.87. The van der Waals surface area contributed by atoms with Crippen LogP contribution >= 0.6 is 11.6 Å². The maximum atomic E-state index is 11.6. The molecule has 0 bridgehead atoms. The van der Waals surface area contributed by atoms with Crippen LogP contribution in [0.1, 0.15) is 5.56 Å². The van der Waals surface area contributed by atoms with Crippen molar-refractivity contribution in [3.63, 3.8) is 0 Å². The number of rotatable bonds is 3. The van der Waals surface area contributed by atoms with Crippen LogP contribution in [0.3, 0.4) is 0 Å². The molecule has 3 rings (SSSR count). The normalized spacial score (nSPS) is 15.5. The molecule has 1 saturated heterocycles. The van der Waals surface area contributed by atoms with E-state index in [1.807, 2.05) is 12.1 Å². The molecule has 2 aromatic rings. The first-order valence-corrected chi connectivity index (χ1v) is 6.55. The van der Waals surface area contributed by atoms with Crippen LogP contribution < -0.4 is 10.3 Å². The Balaban J connectivity index is 1.93. The number of halogens is 1. The zero-order chi connectivity index (χ0) is 13.4. The number of fused-ring (bicyclic) bond motifs is 1. The zero-order valence-corrected chi connectivity index (χ0v) is 11.3. The van der Waals surface area contributed by atoms with Crippen molar-refractivity contribution >= 4 is 22.5 Å². The Morgan fingerprint density at radius 3 is 2.89 bits per heavy atom. The summed E-state index contributed by atoms with van der Waals surface area (Å²) in [7, 11) is 0. The Labute approximate surface area is 115 Å². The summed E-state index contributed by atoms with van der Waals surface area (Å²) in [5.74, 6) is 1.03. The molecule has 2 heterocycles. The lowest BCUT2D eigenvalue weighted by Gasteiger charge is -2.25. The monoisotopic (exact) mass is 279 g/mol. The Kier molecular flexibility index (Phi) is 3.21. The van der Waals surface area contributed by atoms with Crippen LogP contribution in [0, 0.1) is 12.8 Å². The molecule has 19 heavy (non-hydrogen) atoms. The van der Waals surface area contributed by atoms with Gasteiger partial charge in [0.15, 0.2) is 0 Å². The number of ether oxygens (including phenoxy) is 2. The minimum absolute atomic E-state index is 0.0897. The fraction of sp³-hybridized carbons (Fsp3) is 0.357. The van der Waals surface area contributed by atoms with Crippen molar-refractivity contribution in [2.24, 2.45) is 5.92 Å². The van der Waals surface area contributed by atoms with E-state index in [-0.39, 0.29) is 5.56 Å². The summed E-state index contributed by atoms with van der Waals surface area (Å²) in [5, 5.41) is 1.46. The maximum absolute atomic E-state index is 11.6. The van der Waals surface area contributed by atoms with Crippen molar-refractivity contribution in [1.29, 1.82) is 0 Å². The van der Waals surface area contributed by atoms with Gasteiger partial charge in [0.1, 0.15) is 5.75 Å². The lowest BCUT2D eigenvalue weighted by Crippen LogP contribution is -2.32. The molecule has 1 fully saturated rings. The van der Waals surface area contributed by atoms with Gasteiger partial charge in [-0.3, -0.25) is 4.79 Å². The summed E-state index contributed by atoms with van der Waals surface area (Å²) in [6, 6.07) is 5.41. The van der Waals surface area contributed by atoms with E-state index in [0.717, 1.165) is 24.1 Å². The molecule has 0 unspecified atom stereocenters. The minimum Gasteiger partial charge on any atom is -0.491 e. The summed E-state index contributed by atoms with van der Waals surface area (Å²) in [5.41, 5.74) is 1.32. The SMILES string of the molecule is Cc1cc2cc(Cl)c(OCC3COC3)cc2[nH]c1=O. The average molecular weight is 280 g/mol. The number of pyridine rings is 1. The van der Waals surface area contributed by atoms with Crippen molar-refractivity contribution in [2.75, 3.05) is 19.8 Å². The molecule has 1 aliphatic heterocycles. The standard InChI is InChI=1S/C14H14ClNO3/c1-8-2-10-3-11(15)13(4-12(10)16-14(8)17)19-7-9-5-18-6-9/h2-4,9H,5-7H2,1H3,(H,16,17). The smallest absolute Gasteiger partial charge is 0.251 e. The van der Waals surface area contributed by atoms with E-state index < -0.39 is 0 Å². The Bertz CT molecular complexity index is 676. The highest BCUT2D eigenvalue weighted by molar-refractivity contribution is 6.32. The van der Waals surface area contributed by atoms with Gasteiger partial charge in [-0.25, -0.2) is 0 Å². The van der Waals surface area contributed by atoms with E-state index in [1.165, 1.54) is 0 Å². The van der Waals surface area contributed by atoms with Gasteiger partial charge in [0.05, 0.1) is 30.4 Å². The molecule has 1 aliphatic rings. The van der Waals surface area contributed by atoms with Crippen LogP contribution in [0.2, 0.25) is 5.02 Å². The predicted molar refractivity (Wildman–Crippen MR) is 74.1 cm³/mol. The average Bonchev–Trinajstić information content (AvgIpc) is 2.30. The molecule has 1 aromatic carbocycles. The molecular formula is C14H14ClNO3. The van der Waals surface area contributed by atoms with Crippen LogP contribution in [-0.2, 0) is 4.74 Å². The van der Waals surface area contributed by atoms with E-state index in [2.05, 4.69) is 4.98 Å². The van der Waals surface area contributed by atoms with Gasteiger partial charge in [0.2, 0.25) is 0 Å². The number of H-pyrrole nitrogens is 1. The number of hydrogen-bond acceptors (Lipinski definition) is 3. The van der Waals surface area contributed by atoms with Crippen LogP contribution in [0.5, 0.6) is 5.75 Å². The van der Waals surface area contributed by atoms with Crippen molar-refractivity contribution in [2.45, 2.75) is 6.92 Å². The summed E-state index contributed by atoms with van der Waals surface area (Å²) >= 11 is 6.19. The summed E-state index contributed by atoms with van der Waals surface area (Å²) < 4.78 is 10.8. The Hall–Kier alpha value is -1.52. The molecule has 5 heteroatoms. The topological polar surface area (TPSA) is 51.3 Å². The zero-order valence-electron chi connectivity index (χ0n) is 10.5. The van der Waals surface area contributed by atoms with Crippen molar-refractivity contribution < 1.29 is 9.47 Å². The van der Waals surface area contributed by atoms with Crippen molar-refractivity contribution in [3.8, 4) is 5.75 Å². The molecule has 0 atom stereocenters. The van der Waals surface area contributed by atoms with Crippen LogP contribution in [0.25, 0.3) is 10.9 Å². The number of hydrogen-bond donors (Lipinski definition) is 1. The van der Waals surface area contributed by atoms with E-state index in [4.69, 9.17) is 21.1 Å². The molecular weight excluding hydrogens is 266 g/mol. The fourth-order valence-electron chi connectivity index (χ4n) is 2.02. The molecule has 100 valence electrons. The minimum atomic E-state index is -0.0897. The van der Waals surface area contributed by atoms with Crippen LogP contribution in [0.4, 0.5) is 0 Å². The molecule has 0 spiro atoms. The van der Waals surface area contributed by atoms with Gasteiger partial charge in [0.25, 0.3) is 5.56 Å². The quantitative estimate of drug-likeness (QED) is 0.939. The van der Waals surface area contributed by atoms with Crippen molar-refractivity contribution in [3.05, 3.63) is 39.1 Å². The van der Waals surface area contributed by atoms with E-state index in [0.29, 0.717) is 28.9 Å². The largest absolute Gasteiger partial charge is 0.491 e. The lowest BCUT2D eigenvalue weighted by atomic mass is 10.1. The highest BCUT2D eigenvalue weighted by Gasteiger charge is 2.19. The number of benzene rings is 1. The summed E-state index contributed by atoms with van der Waals surface area (Å²) in [6.45, 7) is 3.83. The molecule has 1 aromatic heterocycles. The summed E-state index contributed by atoms with van der Waals surface area (Å²) in [4.78, 5) is 14.4. The van der Waals surface area contributed by atoms with E-state index in [1.54, 1.807) is 13.0 Å². The van der Waals surface area contributed by atoms with Crippen LogP contribution in [-0.4, -0.2) is 24.8 Å². The van der Waals surface area contributed by atoms with Gasteiger partial charge in [-0.1, -0.05) is 11.6 Å². The van der Waals surface area contributed by atoms with Gasteiger partial charge < -0.3 is 14.5 Å². The van der Waals surface area contributed by atoms with E-state index in [9.17, 15) is 4.79 Å². The van der Waals surface area contributed by atoms with Crippen LogP contribution in [0.15, 0.2) is 23.0 Å². The first-order chi connectivity index (χ1) is 9.13. The molecule has 4 nitrogen and oxygen atoms in total. The number of aromatic amines is 1. The second-order valence-corrected chi connectivity index (χ2v) is 5.27. The van der Waals surface area contributed by atoms with Crippen molar-refractivity contribution in [1.82, 2.24) is 4.98 Å². The van der Waals surface area contributed by atoms with Gasteiger partial charge in [-0.2, -0.15) is 0 Å². The van der Waals surface area contributed by atoms with E-state index >= 15 is 0 Å². The highest BCUT2D eigenvalue weighted by atomic mass is 35.5. The lowest BCUT2D eigenvalue weighted by molar-refractivity contribution is -0.0508.